The fraction of sp³-hybridized carbons (Fsp3) is 0.167. The van der Waals surface area contributed by atoms with E-state index in [2.05, 4.69) is 20.5 Å². The normalized spacial score (nSPS) is 10.9. The van der Waals surface area contributed by atoms with E-state index in [1.54, 1.807) is 36.7 Å². The molecular formula is C18H18FN5O. The van der Waals surface area contributed by atoms with Crippen LogP contribution in [0.25, 0.3) is 11.3 Å². The van der Waals surface area contributed by atoms with Crippen molar-refractivity contribution < 1.29 is 9.18 Å². The molecule has 0 saturated carbocycles. The molecular weight excluding hydrogens is 321 g/mol. The zero-order valence-corrected chi connectivity index (χ0v) is 14.0. The minimum Gasteiger partial charge on any atom is -0.322 e. The largest absolute Gasteiger partial charge is 0.322 e. The first kappa shape index (κ1) is 16.8. The fourth-order valence-electron chi connectivity index (χ4n) is 2.43. The zero-order chi connectivity index (χ0) is 17.8. The Kier molecular flexibility index (Phi) is 4.85. The van der Waals surface area contributed by atoms with Crippen molar-refractivity contribution in [2.24, 2.45) is 0 Å². The van der Waals surface area contributed by atoms with Crippen molar-refractivity contribution in [1.29, 1.82) is 0 Å². The standard InChI is InChI=1S/C18H18FN5O/c1-24(2)11-12-3-4-15(8-16(12)19)22-18(25)14-7-13(9-20-10-14)17-5-6-21-23-17/h3-10H,11H2,1-2H3,(H,21,23)(H,22,25). The summed E-state index contributed by atoms with van der Waals surface area (Å²) in [6.45, 7) is 0.496. The zero-order valence-electron chi connectivity index (χ0n) is 14.0. The van der Waals surface area contributed by atoms with Gasteiger partial charge in [0.05, 0.1) is 11.3 Å². The third-order valence-corrected chi connectivity index (χ3v) is 3.61. The van der Waals surface area contributed by atoms with E-state index in [4.69, 9.17) is 0 Å². The lowest BCUT2D eigenvalue weighted by molar-refractivity contribution is 0.102. The van der Waals surface area contributed by atoms with Crippen LogP contribution >= 0.6 is 0 Å². The first-order chi connectivity index (χ1) is 12.0. The summed E-state index contributed by atoms with van der Waals surface area (Å²) in [5.74, 6) is -0.704. The lowest BCUT2D eigenvalue weighted by Gasteiger charge is -2.12. The second-order valence-electron chi connectivity index (χ2n) is 5.93. The van der Waals surface area contributed by atoms with Gasteiger partial charge in [0.25, 0.3) is 5.91 Å². The highest BCUT2D eigenvalue weighted by atomic mass is 19.1. The summed E-state index contributed by atoms with van der Waals surface area (Å²) in [5, 5.41) is 9.40. The molecule has 0 fully saturated rings. The number of anilines is 1. The van der Waals surface area contributed by atoms with E-state index < -0.39 is 0 Å². The summed E-state index contributed by atoms with van der Waals surface area (Å²) in [4.78, 5) is 18.4. The van der Waals surface area contributed by atoms with E-state index in [0.29, 0.717) is 23.4 Å². The van der Waals surface area contributed by atoms with Gasteiger partial charge in [-0.15, -0.1) is 0 Å². The van der Waals surface area contributed by atoms with Crippen molar-refractivity contribution in [2.45, 2.75) is 6.54 Å². The molecule has 2 N–H and O–H groups in total. The van der Waals surface area contributed by atoms with E-state index in [-0.39, 0.29) is 11.7 Å². The number of rotatable bonds is 5. The Morgan fingerprint density at radius 3 is 2.76 bits per heavy atom. The molecule has 2 heterocycles. The van der Waals surface area contributed by atoms with Gasteiger partial charge in [-0.2, -0.15) is 5.10 Å². The summed E-state index contributed by atoms with van der Waals surface area (Å²) < 4.78 is 14.1. The Balaban J connectivity index is 1.76. The molecule has 0 unspecified atom stereocenters. The molecule has 0 atom stereocenters. The van der Waals surface area contributed by atoms with Crippen LogP contribution < -0.4 is 5.32 Å². The molecule has 2 aromatic heterocycles. The maximum absolute atomic E-state index is 14.1. The predicted molar refractivity (Wildman–Crippen MR) is 93.6 cm³/mol. The molecule has 0 aliphatic carbocycles. The number of aromatic nitrogens is 3. The second kappa shape index (κ2) is 7.23. The van der Waals surface area contributed by atoms with Gasteiger partial charge >= 0.3 is 0 Å². The van der Waals surface area contributed by atoms with E-state index in [1.165, 1.54) is 12.3 Å². The smallest absolute Gasteiger partial charge is 0.257 e. The van der Waals surface area contributed by atoms with Crippen LogP contribution in [0, 0.1) is 5.82 Å². The molecule has 1 amide bonds. The SMILES string of the molecule is CN(C)Cc1ccc(NC(=O)c2cncc(-c3ccn[nH]3)c2)cc1F. The molecule has 0 spiro atoms. The minimum absolute atomic E-state index is 0.351. The van der Waals surface area contributed by atoms with Gasteiger partial charge in [0.15, 0.2) is 0 Å². The predicted octanol–water partition coefficient (Wildman–Crippen LogP) is 2.92. The van der Waals surface area contributed by atoms with Crippen molar-refractivity contribution in [2.75, 3.05) is 19.4 Å². The molecule has 0 saturated heterocycles. The van der Waals surface area contributed by atoms with Gasteiger partial charge < -0.3 is 10.2 Å². The van der Waals surface area contributed by atoms with Gasteiger partial charge in [-0.05, 0) is 38.4 Å². The van der Waals surface area contributed by atoms with Crippen molar-refractivity contribution in [1.82, 2.24) is 20.1 Å². The Bertz CT molecular complexity index is 877. The molecule has 3 aromatic rings. The van der Waals surface area contributed by atoms with Crippen LogP contribution in [-0.2, 0) is 6.54 Å². The average molecular weight is 339 g/mol. The van der Waals surface area contributed by atoms with Crippen LogP contribution in [0.1, 0.15) is 15.9 Å². The first-order valence-corrected chi connectivity index (χ1v) is 7.72. The number of pyridine rings is 1. The molecule has 7 heteroatoms. The molecule has 0 bridgehead atoms. The number of carbonyl (C=O) groups excluding carboxylic acids is 1. The molecule has 0 aliphatic rings. The lowest BCUT2D eigenvalue weighted by Crippen LogP contribution is -2.14. The van der Waals surface area contributed by atoms with Crippen LogP contribution in [0.5, 0.6) is 0 Å². The number of hydrogen-bond acceptors (Lipinski definition) is 4. The molecule has 128 valence electrons. The van der Waals surface area contributed by atoms with Crippen molar-refractivity contribution in [3.05, 3.63) is 65.9 Å². The van der Waals surface area contributed by atoms with Crippen LogP contribution in [0.2, 0.25) is 0 Å². The number of H-pyrrole nitrogens is 1. The summed E-state index contributed by atoms with van der Waals surface area (Å²) in [5.41, 5.74) is 2.87. The quantitative estimate of drug-likeness (QED) is 0.749. The van der Waals surface area contributed by atoms with Crippen molar-refractivity contribution in [3.8, 4) is 11.3 Å². The number of halogens is 1. The summed E-state index contributed by atoms with van der Waals surface area (Å²) in [6.07, 6.45) is 4.73. The Morgan fingerprint density at radius 1 is 1.24 bits per heavy atom. The van der Waals surface area contributed by atoms with Crippen LogP contribution in [0.3, 0.4) is 0 Å². The van der Waals surface area contributed by atoms with E-state index >= 15 is 0 Å². The molecule has 0 aliphatic heterocycles. The van der Waals surface area contributed by atoms with Gasteiger partial charge in [-0.1, -0.05) is 6.07 Å². The van der Waals surface area contributed by atoms with Gasteiger partial charge in [0, 0.05) is 41.9 Å². The number of amides is 1. The Morgan fingerprint density at radius 2 is 2.08 bits per heavy atom. The van der Waals surface area contributed by atoms with Gasteiger partial charge in [-0.25, -0.2) is 4.39 Å². The third kappa shape index (κ3) is 4.07. The van der Waals surface area contributed by atoms with Gasteiger partial charge in [-0.3, -0.25) is 14.9 Å². The second-order valence-corrected chi connectivity index (χ2v) is 5.93. The Labute approximate surface area is 144 Å². The topological polar surface area (TPSA) is 73.9 Å². The fourth-order valence-corrected chi connectivity index (χ4v) is 2.43. The van der Waals surface area contributed by atoms with Crippen molar-refractivity contribution in [3.63, 3.8) is 0 Å². The summed E-state index contributed by atoms with van der Waals surface area (Å²) in [7, 11) is 3.74. The van der Waals surface area contributed by atoms with Crippen LogP contribution in [0.4, 0.5) is 10.1 Å². The highest BCUT2D eigenvalue weighted by molar-refractivity contribution is 6.04. The van der Waals surface area contributed by atoms with Crippen molar-refractivity contribution >= 4 is 11.6 Å². The maximum atomic E-state index is 14.1. The number of nitrogens with zero attached hydrogens (tertiary/aromatic N) is 3. The highest BCUT2D eigenvalue weighted by Gasteiger charge is 2.11. The lowest BCUT2D eigenvalue weighted by atomic mass is 10.1. The molecule has 0 radical (unpaired) electrons. The molecule has 25 heavy (non-hydrogen) atoms. The van der Waals surface area contributed by atoms with E-state index in [1.807, 2.05) is 19.0 Å². The highest BCUT2D eigenvalue weighted by Crippen LogP contribution is 2.19. The monoisotopic (exact) mass is 339 g/mol. The average Bonchev–Trinajstić information content (AvgIpc) is 3.12. The minimum atomic E-state index is -0.353. The maximum Gasteiger partial charge on any atom is 0.257 e. The van der Waals surface area contributed by atoms with E-state index in [9.17, 15) is 9.18 Å². The Hall–Kier alpha value is -3.06. The first-order valence-electron chi connectivity index (χ1n) is 7.72. The van der Waals surface area contributed by atoms with Gasteiger partial charge in [0.2, 0.25) is 0 Å². The third-order valence-electron chi connectivity index (χ3n) is 3.61. The number of nitrogens with one attached hydrogen (secondary N) is 2. The van der Waals surface area contributed by atoms with E-state index in [0.717, 1.165) is 11.3 Å². The summed E-state index contributed by atoms with van der Waals surface area (Å²) >= 11 is 0. The summed E-state index contributed by atoms with van der Waals surface area (Å²) in [6, 6.07) is 8.17. The number of benzene rings is 1. The number of carbonyl (C=O) groups is 1. The molecule has 1 aromatic carbocycles. The number of aromatic amines is 1. The van der Waals surface area contributed by atoms with Crippen LogP contribution in [-0.4, -0.2) is 40.1 Å². The molecule has 3 rings (SSSR count). The molecule has 6 nitrogen and oxygen atoms in total. The van der Waals surface area contributed by atoms with Gasteiger partial charge in [0.1, 0.15) is 5.82 Å². The van der Waals surface area contributed by atoms with Crippen LogP contribution in [0.15, 0.2) is 48.9 Å². The number of hydrogen-bond donors (Lipinski definition) is 2.